The zero-order valence-corrected chi connectivity index (χ0v) is 10.2. The third-order valence-electron chi connectivity index (χ3n) is 1.58. The van der Waals surface area contributed by atoms with Gasteiger partial charge in [0.2, 0.25) is 5.78 Å². The van der Waals surface area contributed by atoms with Gasteiger partial charge >= 0.3 is 0 Å². The van der Waals surface area contributed by atoms with Gasteiger partial charge in [-0.2, -0.15) is 0 Å². The number of Topliss-reactive ketones (excluding diaryl/α,β-unsaturated/α-hetero) is 1. The summed E-state index contributed by atoms with van der Waals surface area (Å²) in [4.78, 5) is 11.4. The number of hydrogen-bond donors (Lipinski definition) is 0. The first-order chi connectivity index (χ1) is 5.79. The third kappa shape index (κ3) is 4.25. The Kier molecular flexibility index (Phi) is 4.38. The molecule has 0 saturated carbocycles. The van der Waals surface area contributed by atoms with Gasteiger partial charge in [-0.05, 0) is 24.4 Å². The molecule has 0 saturated heterocycles. The number of ketones is 1. The molecule has 0 radical (unpaired) electrons. The molecule has 0 fully saturated rings. The lowest BCUT2D eigenvalue weighted by Crippen LogP contribution is -2.39. The zero-order chi connectivity index (χ0) is 10.6. The largest absolute Gasteiger partial charge is 0.409 e. The molecule has 2 nitrogen and oxygen atoms in total. The van der Waals surface area contributed by atoms with Gasteiger partial charge in [0.1, 0.15) is 6.10 Å². The second kappa shape index (κ2) is 4.59. The van der Waals surface area contributed by atoms with Gasteiger partial charge in [0.15, 0.2) is 9.04 Å². The molecule has 0 aliphatic heterocycles. The summed E-state index contributed by atoms with van der Waals surface area (Å²) in [6, 6.07) is 0. The highest BCUT2D eigenvalue weighted by molar-refractivity contribution is 6.48. The van der Waals surface area contributed by atoms with Crippen LogP contribution in [0, 0.1) is 17.8 Å². The summed E-state index contributed by atoms with van der Waals surface area (Å²) in [6.07, 6.45) is 4.64. The molecule has 74 valence electrons. The highest BCUT2D eigenvalue weighted by Gasteiger charge is 2.31. The molecule has 0 spiro atoms. The van der Waals surface area contributed by atoms with Gasteiger partial charge in [0, 0.05) is 0 Å². The van der Waals surface area contributed by atoms with Crippen molar-refractivity contribution < 1.29 is 9.22 Å². The van der Waals surface area contributed by atoms with E-state index in [-0.39, 0.29) is 11.2 Å². The number of terminal acetylenes is 1. The van der Waals surface area contributed by atoms with Crippen LogP contribution in [-0.2, 0) is 9.22 Å². The van der Waals surface area contributed by atoms with Crippen molar-refractivity contribution in [3.63, 3.8) is 0 Å². The van der Waals surface area contributed by atoms with Crippen LogP contribution in [0.15, 0.2) is 0 Å². The molecule has 0 aliphatic carbocycles. The molecular formula is C10H18O2Si. The molecular weight excluding hydrogens is 180 g/mol. The zero-order valence-electron chi connectivity index (χ0n) is 9.05. The Labute approximate surface area is 82.4 Å². The van der Waals surface area contributed by atoms with E-state index in [0.717, 1.165) is 0 Å². The molecule has 0 aromatic rings. The minimum Gasteiger partial charge on any atom is -0.409 e. The summed E-state index contributed by atoms with van der Waals surface area (Å²) in [7, 11) is -1.21. The molecule has 0 bridgehead atoms. The van der Waals surface area contributed by atoms with Gasteiger partial charge < -0.3 is 4.43 Å². The highest BCUT2D eigenvalue weighted by Crippen LogP contribution is 2.23. The van der Waals surface area contributed by atoms with E-state index in [9.17, 15) is 4.79 Å². The Hall–Kier alpha value is -0.593. The van der Waals surface area contributed by atoms with E-state index in [2.05, 4.69) is 5.92 Å². The Morgan fingerprint density at radius 2 is 1.92 bits per heavy atom. The maximum atomic E-state index is 11.4. The molecule has 0 heterocycles. The van der Waals surface area contributed by atoms with Gasteiger partial charge in [0.25, 0.3) is 0 Å². The molecule has 0 aliphatic rings. The van der Waals surface area contributed by atoms with E-state index < -0.39 is 15.1 Å². The van der Waals surface area contributed by atoms with E-state index in [1.165, 1.54) is 0 Å². The lowest BCUT2D eigenvalue weighted by Gasteiger charge is -2.29. The minimum absolute atomic E-state index is 0.208. The van der Waals surface area contributed by atoms with Crippen LogP contribution in [-0.4, -0.2) is 20.9 Å². The average Bonchev–Trinajstić information content (AvgIpc) is 1.96. The molecule has 1 atom stereocenters. The van der Waals surface area contributed by atoms with Gasteiger partial charge in [-0.3, -0.25) is 4.79 Å². The SMILES string of the molecule is C#CC(=O)C(O[SiH](C)C)C(C)(C)C. The lowest BCUT2D eigenvalue weighted by atomic mass is 9.87. The fourth-order valence-corrected chi connectivity index (χ4v) is 2.08. The van der Waals surface area contributed by atoms with Crippen molar-refractivity contribution in [2.24, 2.45) is 5.41 Å². The summed E-state index contributed by atoms with van der Waals surface area (Å²) in [5.74, 6) is 1.89. The van der Waals surface area contributed by atoms with Crippen LogP contribution >= 0.6 is 0 Å². The molecule has 0 N–H and O–H groups in total. The van der Waals surface area contributed by atoms with Gasteiger partial charge in [-0.1, -0.05) is 20.8 Å². The third-order valence-corrected chi connectivity index (χ3v) is 2.39. The van der Waals surface area contributed by atoms with Crippen LogP contribution < -0.4 is 0 Å². The topological polar surface area (TPSA) is 26.3 Å². The standard InChI is InChI=1S/C10H18O2Si/c1-7-8(11)9(10(2,3)4)12-13(5)6/h1,9,13H,2-6H3. The first-order valence-electron chi connectivity index (χ1n) is 4.45. The second-order valence-corrected chi connectivity index (χ2v) is 6.81. The van der Waals surface area contributed by atoms with Crippen LogP contribution in [0.2, 0.25) is 13.1 Å². The first-order valence-corrected chi connectivity index (χ1v) is 7.23. The Morgan fingerprint density at radius 3 is 2.15 bits per heavy atom. The van der Waals surface area contributed by atoms with Crippen molar-refractivity contribution in [2.75, 3.05) is 0 Å². The van der Waals surface area contributed by atoms with Crippen LogP contribution in [0.3, 0.4) is 0 Å². The van der Waals surface area contributed by atoms with E-state index in [1.54, 1.807) is 0 Å². The molecule has 1 unspecified atom stereocenters. The number of hydrogen-bond acceptors (Lipinski definition) is 2. The minimum atomic E-state index is -1.21. The Bertz CT molecular complexity index is 220. The smallest absolute Gasteiger partial charge is 0.233 e. The molecule has 0 amide bonds. The summed E-state index contributed by atoms with van der Waals surface area (Å²) < 4.78 is 5.61. The van der Waals surface area contributed by atoms with Crippen molar-refractivity contribution in [1.29, 1.82) is 0 Å². The fraction of sp³-hybridized carbons (Fsp3) is 0.700. The normalized spacial score (nSPS) is 13.9. The van der Waals surface area contributed by atoms with E-state index >= 15 is 0 Å². The molecule has 0 aromatic carbocycles. The monoisotopic (exact) mass is 198 g/mol. The summed E-state index contributed by atoms with van der Waals surface area (Å²) >= 11 is 0. The summed E-state index contributed by atoms with van der Waals surface area (Å²) in [5.41, 5.74) is -0.208. The Morgan fingerprint density at radius 1 is 1.46 bits per heavy atom. The van der Waals surface area contributed by atoms with Crippen LogP contribution in [0.5, 0.6) is 0 Å². The maximum absolute atomic E-state index is 11.4. The molecule has 3 heteroatoms. The summed E-state index contributed by atoms with van der Waals surface area (Å²) in [6.45, 7) is 9.95. The van der Waals surface area contributed by atoms with Crippen molar-refractivity contribution in [1.82, 2.24) is 0 Å². The van der Waals surface area contributed by atoms with Gasteiger partial charge in [-0.25, -0.2) is 0 Å². The van der Waals surface area contributed by atoms with Gasteiger partial charge in [0.05, 0.1) is 0 Å². The van der Waals surface area contributed by atoms with Crippen LogP contribution in [0.4, 0.5) is 0 Å². The lowest BCUT2D eigenvalue weighted by molar-refractivity contribution is -0.124. The van der Waals surface area contributed by atoms with Gasteiger partial charge in [-0.15, -0.1) is 6.42 Å². The first kappa shape index (κ1) is 12.4. The predicted molar refractivity (Wildman–Crippen MR) is 57.0 cm³/mol. The molecule has 0 aromatic heterocycles. The fourth-order valence-electron chi connectivity index (χ4n) is 1.01. The molecule has 13 heavy (non-hydrogen) atoms. The van der Waals surface area contributed by atoms with Crippen molar-refractivity contribution >= 4 is 14.8 Å². The highest BCUT2D eigenvalue weighted by atomic mass is 28.3. The summed E-state index contributed by atoms with van der Waals surface area (Å²) in [5, 5.41) is 0. The predicted octanol–water partition coefficient (Wildman–Crippen LogP) is 1.60. The Balaban J connectivity index is 4.59. The number of rotatable bonds is 3. The van der Waals surface area contributed by atoms with E-state index in [0.29, 0.717) is 0 Å². The number of carbonyl (C=O) groups excluding carboxylic acids is 1. The quantitative estimate of drug-likeness (QED) is 0.391. The van der Waals surface area contributed by atoms with E-state index in [1.807, 2.05) is 33.9 Å². The van der Waals surface area contributed by atoms with Crippen molar-refractivity contribution in [3.05, 3.63) is 0 Å². The average molecular weight is 198 g/mol. The second-order valence-electron chi connectivity index (χ2n) is 4.44. The van der Waals surface area contributed by atoms with Crippen molar-refractivity contribution in [3.8, 4) is 12.3 Å². The number of carbonyl (C=O) groups is 1. The van der Waals surface area contributed by atoms with E-state index in [4.69, 9.17) is 10.8 Å². The molecule has 0 rings (SSSR count). The van der Waals surface area contributed by atoms with Crippen molar-refractivity contribution in [2.45, 2.75) is 40.0 Å². The van der Waals surface area contributed by atoms with Crippen LogP contribution in [0.1, 0.15) is 20.8 Å². The maximum Gasteiger partial charge on any atom is 0.233 e. The van der Waals surface area contributed by atoms with Crippen LogP contribution in [0.25, 0.3) is 0 Å².